The molecule has 1 saturated heterocycles. The number of oxime groups is 1. The van der Waals surface area contributed by atoms with Gasteiger partial charge < -0.3 is 42.1 Å². The first-order chi connectivity index (χ1) is 22.5. The molecule has 21 heteroatoms. The number of guanidine groups is 1. The van der Waals surface area contributed by atoms with Crippen LogP contribution in [0.5, 0.6) is 5.75 Å². The SMILES string of the molecule is CC1(C)[C@H](NC(=O)/C(=N\O[C@](C)(C(=O)O)[C@H]2CCc3cc([C@H]4CN=C(NCCN)N4)ccc3O2)c2csc(N)n2)C(=O)N1OS(=O)(=O)O. The quantitative estimate of drug-likeness (QED) is 0.0607. The standard InChI is InChI=1S/C27H35N9O10S2/c1-26(2)20(22(38)36(26)46-48(41,42)43)34-21(37)19(16-12-47-24(29)32-16)35-45-27(3,23(39)40)18-7-5-14-10-13(4-6-17(14)44-18)15-11-31-25(33-15)30-9-8-28/h4,6,10,12,15,18,20H,5,7-9,11,28H2,1-3H3,(H2,29,32)(H,34,37)(H,39,40)(H2,30,31,33)(H,41,42,43)/b35-19-/t15-,18-,20-,27+/m1/s1. The first-order valence-electron chi connectivity index (χ1n) is 14.6. The number of rotatable bonds is 12. The third-order valence-electron chi connectivity index (χ3n) is 8.08. The van der Waals surface area contributed by atoms with Gasteiger partial charge in [-0.25, -0.2) is 9.78 Å². The zero-order valence-electron chi connectivity index (χ0n) is 26.0. The van der Waals surface area contributed by atoms with Crippen molar-refractivity contribution < 1.29 is 46.3 Å². The molecule has 0 saturated carbocycles. The third-order valence-corrected chi connectivity index (χ3v) is 9.09. The number of nitrogens with one attached hydrogen (secondary N) is 3. The minimum absolute atomic E-state index is 0.0568. The third kappa shape index (κ3) is 6.99. The zero-order chi connectivity index (χ0) is 35.0. The number of aryl methyl sites for hydroxylation is 1. The molecule has 19 nitrogen and oxygen atoms in total. The summed E-state index contributed by atoms with van der Waals surface area (Å²) in [7, 11) is -5.02. The maximum Gasteiger partial charge on any atom is 0.418 e. The average molecular weight is 710 g/mol. The number of thiazole rings is 1. The van der Waals surface area contributed by atoms with E-state index in [0.717, 1.165) is 22.5 Å². The highest BCUT2D eigenvalue weighted by molar-refractivity contribution is 7.80. The molecule has 1 aromatic carbocycles. The van der Waals surface area contributed by atoms with E-state index < -0.39 is 57.2 Å². The lowest BCUT2D eigenvalue weighted by molar-refractivity contribution is -0.218. The molecule has 48 heavy (non-hydrogen) atoms. The molecule has 1 aromatic heterocycles. The molecule has 9 N–H and O–H groups in total. The number of aromatic nitrogens is 1. The van der Waals surface area contributed by atoms with Gasteiger partial charge in [-0.2, -0.15) is 13.5 Å². The Kier molecular flexibility index (Phi) is 9.52. The number of hydroxylamine groups is 2. The number of ether oxygens (including phenoxy) is 1. The number of aliphatic carboxylic acids is 1. The lowest BCUT2D eigenvalue weighted by atomic mass is 9.84. The van der Waals surface area contributed by atoms with E-state index in [4.69, 9.17) is 25.6 Å². The highest BCUT2D eigenvalue weighted by Gasteiger charge is 2.58. The van der Waals surface area contributed by atoms with Crippen molar-refractivity contribution in [3.05, 3.63) is 40.4 Å². The molecule has 3 aliphatic heterocycles. The second-order valence-electron chi connectivity index (χ2n) is 11.8. The van der Waals surface area contributed by atoms with Crippen molar-refractivity contribution in [2.24, 2.45) is 15.9 Å². The summed E-state index contributed by atoms with van der Waals surface area (Å²) in [5.74, 6) is -2.30. The number of hydrogen-bond donors (Lipinski definition) is 7. The van der Waals surface area contributed by atoms with Crippen molar-refractivity contribution in [3.8, 4) is 5.75 Å². The molecule has 3 aliphatic rings. The highest BCUT2D eigenvalue weighted by Crippen LogP contribution is 2.36. The molecule has 0 spiro atoms. The molecule has 0 unspecified atom stereocenters. The number of nitrogen functional groups attached to an aromatic ring is 1. The van der Waals surface area contributed by atoms with Crippen molar-refractivity contribution in [1.29, 1.82) is 0 Å². The average Bonchev–Trinajstić information content (AvgIpc) is 3.69. The summed E-state index contributed by atoms with van der Waals surface area (Å²) in [4.78, 5) is 52.8. The van der Waals surface area contributed by atoms with Gasteiger partial charge in [0.05, 0.1) is 18.1 Å². The monoisotopic (exact) mass is 709 g/mol. The zero-order valence-corrected chi connectivity index (χ0v) is 27.6. The normalized spacial score (nSPS) is 23.1. The number of anilines is 1. The second kappa shape index (κ2) is 13.1. The smallest absolute Gasteiger partial charge is 0.418 e. The predicted octanol–water partition coefficient (Wildman–Crippen LogP) is -0.928. The van der Waals surface area contributed by atoms with E-state index >= 15 is 0 Å². The molecule has 0 bridgehead atoms. The number of carboxylic acid groups (broad SMARTS) is 1. The molecular formula is C27H35N9O10S2. The van der Waals surface area contributed by atoms with Gasteiger partial charge in [-0.3, -0.25) is 19.1 Å². The minimum atomic E-state index is -5.02. The number of hydrogen-bond acceptors (Lipinski definition) is 16. The molecule has 4 heterocycles. The van der Waals surface area contributed by atoms with Crippen molar-refractivity contribution in [1.82, 2.24) is 26.0 Å². The van der Waals surface area contributed by atoms with E-state index in [0.29, 0.717) is 42.8 Å². The highest BCUT2D eigenvalue weighted by atomic mass is 32.3. The van der Waals surface area contributed by atoms with Gasteiger partial charge in [-0.15, -0.1) is 15.6 Å². The Morgan fingerprint density at radius 3 is 2.73 bits per heavy atom. The fourth-order valence-corrected chi connectivity index (χ4v) is 6.34. The Hall–Kier alpha value is -4.57. The van der Waals surface area contributed by atoms with Crippen LogP contribution in [0.1, 0.15) is 50.1 Å². The van der Waals surface area contributed by atoms with Gasteiger partial charge in [0.25, 0.3) is 17.4 Å². The van der Waals surface area contributed by atoms with E-state index in [2.05, 4.69) is 35.4 Å². The molecule has 0 aliphatic carbocycles. The maximum absolute atomic E-state index is 13.4. The number of carboxylic acids is 1. The molecule has 5 rings (SSSR count). The molecule has 2 amide bonds. The molecule has 2 aromatic rings. The van der Waals surface area contributed by atoms with E-state index in [1.807, 2.05) is 12.1 Å². The number of β-lactam (4-membered cyclic amide) rings is 1. The summed E-state index contributed by atoms with van der Waals surface area (Å²) in [6.45, 7) is 5.59. The van der Waals surface area contributed by atoms with E-state index in [-0.39, 0.29) is 23.3 Å². The van der Waals surface area contributed by atoms with Gasteiger partial charge in [-0.05, 0) is 56.9 Å². The number of carbonyl (C=O) groups is 3. The van der Waals surface area contributed by atoms with Gasteiger partial charge in [0.15, 0.2) is 22.9 Å². The summed E-state index contributed by atoms with van der Waals surface area (Å²) < 4.78 is 41.7. The van der Waals surface area contributed by atoms with E-state index in [1.165, 1.54) is 26.2 Å². The lowest BCUT2D eigenvalue weighted by Crippen LogP contribution is -2.76. The summed E-state index contributed by atoms with van der Waals surface area (Å²) in [5.41, 5.74) is 9.02. The van der Waals surface area contributed by atoms with E-state index in [9.17, 15) is 27.9 Å². The largest absolute Gasteiger partial charge is 0.485 e. The number of amides is 2. The minimum Gasteiger partial charge on any atom is -0.485 e. The van der Waals surface area contributed by atoms with Crippen LogP contribution in [-0.4, -0.2) is 100 Å². The van der Waals surface area contributed by atoms with Crippen LogP contribution in [0, 0.1) is 0 Å². The number of benzene rings is 1. The summed E-state index contributed by atoms with van der Waals surface area (Å²) in [5, 5.41) is 24.8. The van der Waals surface area contributed by atoms with Crippen molar-refractivity contribution in [3.63, 3.8) is 0 Å². The van der Waals surface area contributed by atoms with Crippen LogP contribution >= 0.6 is 11.3 Å². The van der Waals surface area contributed by atoms with Crippen LogP contribution < -0.4 is 32.2 Å². The molecular weight excluding hydrogens is 674 g/mol. The van der Waals surface area contributed by atoms with Crippen molar-refractivity contribution in [2.75, 3.05) is 25.4 Å². The van der Waals surface area contributed by atoms with Gasteiger partial charge in [0.1, 0.15) is 17.5 Å². The van der Waals surface area contributed by atoms with E-state index in [1.54, 1.807) is 6.07 Å². The Balaban J connectivity index is 1.33. The lowest BCUT2D eigenvalue weighted by Gasteiger charge is -2.50. The van der Waals surface area contributed by atoms with Crippen molar-refractivity contribution in [2.45, 2.75) is 62.9 Å². The van der Waals surface area contributed by atoms with Gasteiger partial charge in [0.2, 0.25) is 0 Å². The van der Waals surface area contributed by atoms with Gasteiger partial charge in [-0.1, -0.05) is 11.2 Å². The number of fused-ring (bicyclic) bond motifs is 1. The van der Waals surface area contributed by atoms with Gasteiger partial charge in [0, 0.05) is 18.5 Å². The summed E-state index contributed by atoms with van der Waals surface area (Å²) in [6.07, 6.45) is -0.362. The molecule has 260 valence electrons. The predicted molar refractivity (Wildman–Crippen MR) is 170 cm³/mol. The maximum atomic E-state index is 13.4. The van der Waals surface area contributed by atoms with Crippen LogP contribution in [0.2, 0.25) is 0 Å². The Bertz CT molecular complexity index is 1780. The first-order valence-corrected chi connectivity index (χ1v) is 16.8. The second-order valence-corrected chi connectivity index (χ2v) is 13.7. The number of aliphatic imine (C=N–C) groups is 1. The fraction of sp³-hybridized carbons (Fsp3) is 0.481. The number of nitrogens with two attached hydrogens (primary N) is 2. The van der Waals surface area contributed by atoms with Crippen LogP contribution in [-0.2, 0) is 40.3 Å². The molecule has 4 atom stereocenters. The van der Waals surface area contributed by atoms with Gasteiger partial charge >= 0.3 is 16.4 Å². The Morgan fingerprint density at radius 1 is 1.35 bits per heavy atom. The Labute approximate surface area is 278 Å². The fourth-order valence-electron chi connectivity index (χ4n) is 5.33. The van der Waals surface area contributed by atoms with Crippen LogP contribution in [0.4, 0.5) is 5.13 Å². The van der Waals surface area contributed by atoms with Crippen LogP contribution in [0.15, 0.2) is 33.7 Å². The molecule has 1 fully saturated rings. The first kappa shape index (κ1) is 34.8. The summed E-state index contributed by atoms with van der Waals surface area (Å²) in [6, 6.07) is 4.19. The van der Waals surface area contributed by atoms with Crippen LogP contribution in [0.3, 0.4) is 0 Å². The molecule has 0 radical (unpaired) electrons. The van der Waals surface area contributed by atoms with Crippen molar-refractivity contribution >= 4 is 56.3 Å². The topological polar surface area (TPSA) is 282 Å². The summed E-state index contributed by atoms with van der Waals surface area (Å²) >= 11 is 0.969. The number of carbonyl (C=O) groups excluding carboxylic acids is 2. The van der Waals surface area contributed by atoms with Crippen LogP contribution in [0.25, 0.3) is 0 Å². The number of nitrogens with zero attached hydrogens (tertiary/aromatic N) is 4. The Morgan fingerprint density at radius 2 is 2.10 bits per heavy atom.